The number of aliphatic carboxylic acids is 1. The van der Waals surface area contributed by atoms with E-state index in [1.54, 1.807) is 6.08 Å². The van der Waals surface area contributed by atoms with Crippen molar-refractivity contribution in [3.05, 3.63) is 25.3 Å². The number of carboxylic acid groups (broad SMARTS) is 1. The highest BCUT2D eigenvalue weighted by atomic mass is 16.4. The number of nitrogens with zero attached hydrogens (tertiary/aromatic N) is 1. The van der Waals surface area contributed by atoms with Crippen LogP contribution < -0.4 is 5.32 Å². The first kappa shape index (κ1) is 13.2. The fourth-order valence-electron chi connectivity index (χ4n) is 0.931. The molecule has 0 atom stereocenters. The predicted octanol–water partition coefficient (Wildman–Crippen LogP) is 0.845. The van der Waals surface area contributed by atoms with Crippen molar-refractivity contribution < 1.29 is 14.7 Å². The maximum absolute atomic E-state index is 11.4. The van der Waals surface area contributed by atoms with Gasteiger partial charge in [-0.3, -0.25) is 4.79 Å². The second-order valence-electron chi connectivity index (χ2n) is 2.87. The average molecular weight is 212 g/mol. The Kier molecular flexibility index (Phi) is 6.70. The molecule has 0 spiro atoms. The SMILES string of the molecule is C=CCCNC(=O)N(CC=C)CC(=O)O. The summed E-state index contributed by atoms with van der Waals surface area (Å²) in [5.41, 5.74) is 0. The second kappa shape index (κ2) is 7.61. The molecule has 0 aliphatic rings. The van der Waals surface area contributed by atoms with Gasteiger partial charge in [0.15, 0.2) is 0 Å². The van der Waals surface area contributed by atoms with Crippen LogP contribution in [0.5, 0.6) is 0 Å². The lowest BCUT2D eigenvalue weighted by Crippen LogP contribution is -2.43. The van der Waals surface area contributed by atoms with E-state index in [2.05, 4.69) is 18.5 Å². The van der Waals surface area contributed by atoms with Gasteiger partial charge in [0.2, 0.25) is 0 Å². The molecule has 5 heteroatoms. The number of nitrogens with one attached hydrogen (secondary N) is 1. The van der Waals surface area contributed by atoms with Crippen LogP contribution in [0.4, 0.5) is 4.79 Å². The maximum atomic E-state index is 11.4. The van der Waals surface area contributed by atoms with Gasteiger partial charge in [-0.25, -0.2) is 4.79 Å². The number of amides is 2. The summed E-state index contributed by atoms with van der Waals surface area (Å²) >= 11 is 0. The maximum Gasteiger partial charge on any atom is 0.323 e. The standard InChI is InChI=1S/C10H16N2O3/c1-3-5-6-11-10(15)12(7-4-2)8-9(13)14/h3-4H,1-2,5-8H2,(H,11,15)(H,13,14). The van der Waals surface area contributed by atoms with E-state index in [1.165, 1.54) is 11.0 Å². The minimum Gasteiger partial charge on any atom is -0.480 e. The van der Waals surface area contributed by atoms with E-state index in [9.17, 15) is 9.59 Å². The highest BCUT2D eigenvalue weighted by molar-refractivity contribution is 5.80. The van der Waals surface area contributed by atoms with E-state index in [0.29, 0.717) is 13.0 Å². The number of carboxylic acids is 1. The smallest absolute Gasteiger partial charge is 0.323 e. The molecular formula is C10H16N2O3. The number of carbonyl (C=O) groups excluding carboxylic acids is 1. The molecule has 0 fully saturated rings. The molecule has 0 unspecified atom stereocenters. The fourth-order valence-corrected chi connectivity index (χ4v) is 0.931. The lowest BCUT2D eigenvalue weighted by atomic mass is 10.4. The zero-order valence-electron chi connectivity index (χ0n) is 8.61. The number of urea groups is 1. The van der Waals surface area contributed by atoms with E-state index in [0.717, 1.165) is 0 Å². The summed E-state index contributed by atoms with van der Waals surface area (Å²) in [5, 5.41) is 11.1. The van der Waals surface area contributed by atoms with Crippen LogP contribution in [0, 0.1) is 0 Å². The third kappa shape index (κ3) is 6.31. The van der Waals surface area contributed by atoms with Gasteiger partial charge in [0, 0.05) is 13.1 Å². The molecule has 2 N–H and O–H groups in total. The van der Waals surface area contributed by atoms with Gasteiger partial charge >= 0.3 is 12.0 Å². The first-order chi connectivity index (χ1) is 7.11. The van der Waals surface area contributed by atoms with Crippen molar-refractivity contribution in [2.45, 2.75) is 6.42 Å². The summed E-state index contributed by atoms with van der Waals surface area (Å²) in [6.07, 6.45) is 3.81. The van der Waals surface area contributed by atoms with Gasteiger partial charge < -0.3 is 15.3 Å². The van der Waals surface area contributed by atoms with E-state index < -0.39 is 12.0 Å². The van der Waals surface area contributed by atoms with Gasteiger partial charge in [-0.2, -0.15) is 0 Å². The Bertz CT molecular complexity index is 251. The number of hydrogen-bond acceptors (Lipinski definition) is 2. The molecule has 0 aliphatic carbocycles. The summed E-state index contributed by atoms with van der Waals surface area (Å²) in [6, 6.07) is -0.404. The third-order valence-corrected chi connectivity index (χ3v) is 1.59. The van der Waals surface area contributed by atoms with Crippen LogP contribution in [0.1, 0.15) is 6.42 Å². The number of hydrogen-bond donors (Lipinski definition) is 2. The van der Waals surface area contributed by atoms with Crippen molar-refractivity contribution in [1.29, 1.82) is 0 Å². The van der Waals surface area contributed by atoms with Crippen LogP contribution >= 0.6 is 0 Å². The summed E-state index contributed by atoms with van der Waals surface area (Å²) in [6.45, 7) is 7.31. The summed E-state index contributed by atoms with van der Waals surface area (Å²) in [4.78, 5) is 23.0. The Morgan fingerprint density at radius 3 is 2.47 bits per heavy atom. The molecule has 0 rings (SSSR count). The number of carbonyl (C=O) groups is 2. The Morgan fingerprint density at radius 1 is 1.33 bits per heavy atom. The quantitative estimate of drug-likeness (QED) is 0.485. The third-order valence-electron chi connectivity index (χ3n) is 1.59. The van der Waals surface area contributed by atoms with Gasteiger partial charge in [0.1, 0.15) is 6.54 Å². The summed E-state index contributed by atoms with van der Waals surface area (Å²) in [7, 11) is 0. The van der Waals surface area contributed by atoms with Crippen LogP contribution in [0.25, 0.3) is 0 Å². The van der Waals surface area contributed by atoms with Crippen LogP contribution in [0.2, 0.25) is 0 Å². The molecule has 0 radical (unpaired) electrons. The Morgan fingerprint density at radius 2 is 2.00 bits per heavy atom. The lowest BCUT2D eigenvalue weighted by molar-refractivity contribution is -0.137. The van der Waals surface area contributed by atoms with Crippen LogP contribution in [0.3, 0.4) is 0 Å². The zero-order valence-corrected chi connectivity index (χ0v) is 8.61. The van der Waals surface area contributed by atoms with Crippen LogP contribution in [0.15, 0.2) is 25.3 Å². The molecule has 0 aliphatic heterocycles. The Labute approximate surface area is 89.1 Å². The first-order valence-corrected chi connectivity index (χ1v) is 4.58. The largest absolute Gasteiger partial charge is 0.480 e. The molecule has 0 bridgehead atoms. The summed E-state index contributed by atoms with van der Waals surface area (Å²) < 4.78 is 0. The van der Waals surface area contributed by atoms with Gasteiger partial charge in [-0.15, -0.1) is 13.2 Å². The molecule has 5 nitrogen and oxygen atoms in total. The van der Waals surface area contributed by atoms with E-state index in [1.807, 2.05) is 0 Å². The zero-order chi connectivity index (χ0) is 11.7. The molecule has 84 valence electrons. The Balaban J connectivity index is 4.08. The van der Waals surface area contributed by atoms with Crippen molar-refractivity contribution >= 4 is 12.0 Å². The molecule has 2 amide bonds. The molecule has 0 aromatic heterocycles. The second-order valence-corrected chi connectivity index (χ2v) is 2.87. The van der Waals surface area contributed by atoms with Gasteiger partial charge in [-0.1, -0.05) is 12.2 Å². The highest BCUT2D eigenvalue weighted by Gasteiger charge is 2.13. The van der Waals surface area contributed by atoms with Gasteiger partial charge in [0.25, 0.3) is 0 Å². The molecule has 0 saturated heterocycles. The van der Waals surface area contributed by atoms with Crippen LogP contribution in [-0.4, -0.2) is 41.6 Å². The molecule has 0 aromatic rings. The van der Waals surface area contributed by atoms with Crippen molar-refractivity contribution in [3.63, 3.8) is 0 Å². The monoisotopic (exact) mass is 212 g/mol. The molecule has 0 aromatic carbocycles. The molecule has 0 heterocycles. The minimum absolute atomic E-state index is 0.215. The van der Waals surface area contributed by atoms with E-state index in [4.69, 9.17) is 5.11 Å². The van der Waals surface area contributed by atoms with Crippen molar-refractivity contribution in [3.8, 4) is 0 Å². The molecule has 15 heavy (non-hydrogen) atoms. The minimum atomic E-state index is -1.05. The van der Waals surface area contributed by atoms with Crippen molar-refractivity contribution in [2.75, 3.05) is 19.6 Å². The molecular weight excluding hydrogens is 196 g/mol. The topological polar surface area (TPSA) is 69.6 Å². The van der Waals surface area contributed by atoms with E-state index >= 15 is 0 Å². The predicted molar refractivity (Wildman–Crippen MR) is 57.6 cm³/mol. The lowest BCUT2D eigenvalue weighted by Gasteiger charge is -2.19. The summed E-state index contributed by atoms with van der Waals surface area (Å²) in [5.74, 6) is -1.05. The first-order valence-electron chi connectivity index (χ1n) is 4.58. The van der Waals surface area contributed by atoms with Crippen molar-refractivity contribution in [2.24, 2.45) is 0 Å². The Hall–Kier alpha value is -1.78. The highest BCUT2D eigenvalue weighted by Crippen LogP contribution is 1.90. The van der Waals surface area contributed by atoms with Crippen molar-refractivity contribution in [1.82, 2.24) is 10.2 Å². The number of rotatable bonds is 7. The van der Waals surface area contributed by atoms with Crippen LogP contribution in [-0.2, 0) is 4.79 Å². The molecule has 0 saturated carbocycles. The normalized spacial score (nSPS) is 9.07. The van der Waals surface area contributed by atoms with Gasteiger partial charge in [0.05, 0.1) is 0 Å². The average Bonchev–Trinajstić information content (AvgIpc) is 2.17. The van der Waals surface area contributed by atoms with Gasteiger partial charge in [-0.05, 0) is 6.42 Å². The fraction of sp³-hybridized carbons (Fsp3) is 0.400. The van der Waals surface area contributed by atoms with E-state index in [-0.39, 0.29) is 13.1 Å².